The summed E-state index contributed by atoms with van der Waals surface area (Å²) in [4.78, 5) is 35.0. The number of aryl methyl sites for hydroxylation is 2. The summed E-state index contributed by atoms with van der Waals surface area (Å²) in [5.41, 5.74) is 1.07. The van der Waals surface area contributed by atoms with Crippen LogP contribution in [-0.2, 0) is 11.3 Å². The molecule has 30 heavy (non-hydrogen) atoms. The molecule has 1 aliphatic heterocycles. The van der Waals surface area contributed by atoms with Crippen molar-refractivity contribution in [3.63, 3.8) is 0 Å². The summed E-state index contributed by atoms with van der Waals surface area (Å²) in [6, 6.07) is 1.80. The highest BCUT2D eigenvalue weighted by atomic mass is 127. The molecule has 0 unspecified atom stereocenters. The van der Waals surface area contributed by atoms with E-state index in [-0.39, 0.29) is 29.9 Å². The van der Waals surface area contributed by atoms with Gasteiger partial charge in [-0.2, -0.15) is 0 Å². The molecule has 3 heterocycles. The molecule has 11 heteroatoms. The van der Waals surface area contributed by atoms with Crippen LogP contribution in [-0.4, -0.2) is 71.5 Å². The summed E-state index contributed by atoms with van der Waals surface area (Å²) in [6.45, 7) is 8.12. The van der Waals surface area contributed by atoms with E-state index in [1.165, 1.54) is 4.88 Å². The number of hydrogen-bond acceptors (Lipinski definition) is 7. The van der Waals surface area contributed by atoms with E-state index in [1.807, 2.05) is 11.8 Å². The van der Waals surface area contributed by atoms with Gasteiger partial charge in [-0.1, -0.05) is 0 Å². The van der Waals surface area contributed by atoms with Crippen molar-refractivity contribution in [1.82, 2.24) is 30.5 Å². The van der Waals surface area contributed by atoms with Gasteiger partial charge in [0.15, 0.2) is 5.96 Å². The van der Waals surface area contributed by atoms with Gasteiger partial charge >= 0.3 is 0 Å². The molecule has 0 radical (unpaired) electrons. The number of thiazole rings is 1. The van der Waals surface area contributed by atoms with Gasteiger partial charge in [-0.15, -0.1) is 35.3 Å². The highest BCUT2D eigenvalue weighted by molar-refractivity contribution is 14.0. The van der Waals surface area contributed by atoms with E-state index >= 15 is 0 Å². The normalized spacial score (nSPS) is 14.3. The minimum atomic E-state index is 0. The molecule has 0 aromatic carbocycles. The first kappa shape index (κ1) is 24.3. The summed E-state index contributed by atoms with van der Waals surface area (Å²) in [6.07, 6.45) is 3.91. The molecular formula is C19H29IN8OS. The maximum Gasteiger partial charge on any atom is 0.225 e. The maximum atomic E-state index is 12.5. The van der Waals surface area contributed by atoms with Crippen LogP contribution in [0.3, 0.4) is 0 Å². The lowest BCUT2D eigenvalue weighted by atomic mass is 10.3. The van der Waals surface area contributed by atoms with E-state index in [0.29, 0.717) is 38.6 Å². The summed E-state index contributed by atoms with van der Waals surface area (Å²) in [7, 11) is 1.72. The van der Waals surface area contributed by atoms with E-state index in [1.54, 1.807) is 36.8 Å². The first-order valence-electron chi connectivity index (χ1n) is 9.74. The zero-order valence-corrected chi connectivity index (χ0v) is 20.7. The van der Waals surface area contributed by atoms with Gasteiger partial charge in [-0.25, -0.2) is 15.0 Å². The third kappa shape index (κ3) is 6.76. The molecule has 0 atom stereocenters. The third-order valence-electron chi connectivity index (χ3n) is 4.80. The molecule has 0 aliphatic carbocycles. The van der Waals surface area contributed by atoms with Crippen molar-refractivity contribution < 1.29 is 4.79 Å². The largest absolute Gasteiger partial charge is 0.356 e. The molecule has 0 bridgehead atoms. The highest BCUT2D eigenvalue weighted by Gasteiger charge is 2.22. The van der Waals surface area contributed by atoms with Crippen molar-refractivity contribution in [2.75, 3.05) is 44.7 Å². The van der Waals surface area contributed by atoms with Crippen LogP contribution < -0.4 is 15.5 Å². The highest BCUT2D eigenvalue weighted by Crippen LogP contribution is 2.15. The fourth-order valence-corrected chi connectivity index (χ4v) is 3.92. The summed E-state index contributed by atoms with van der Waals surface area (Å²) < 4.78 is 0. The summed E-state index contributed by atoms with van der Waals surface area (Å²) in [5.74, 6) is 1.55. The van der Waals surface area contributed by atoms with Gasteiger partial charge in [0.1, 0.15) is 5.01 Å². The van der Waals surface area contributed by atoms with Crippen molar-refractivity contribution >= 4 is 53.1 Å². The van der Waals surface area contributed by atoms with Crippen molar-refractivity contribution in [3.8, 4) is 0 Å². The predicted octanol–water partition coefficient (Wildman–Crippen LogP) is 1.57. The lowest BCUT2D eigenvalue weighted by Gasteiger charge is -2.34. The number of aliphatic imine (C=N–C) groups is 1. The Labute approximate surface area is 198 Å². The van der Waals surface area contributed by atoms with Crippen LogP contribution in [0.25, 0.3) is 0 Å². The molecule has 164 valence electrons. The number of halogens is 1. The Hall–Kier alpha value is -2.02. The number of rotatable bonds is 6. The third-order valence-corrected chi connectivity index (χ3v) is 5.88. The molecule has 0 saturated carbocycles. The zero-order valence-electron chi connectivity index (χ0n) is 17.6. The average Bonchev–Trinajstić information content (AvgIpc) is 3.08. The van der Waals surface area contributed by atoms with E-state index in [9.17, 15) is 4.79 Å². The number of nitrogens with zero attached hydrogens (tertiary/aromatic N) is 6. The van der Waals surface area contributed by atoms with E-state index in [2.05, 4.69) is 42.4 Å². The van der Waals surface area contributed by atoms with Gasteiger partial charge in [0.05, 0.1) is 12.2 Å². The Morgan fingerprint density at radius 1 is 1.17 bits per heavy atom. The fourth-order valence-electron chi connectivity index (χ4n) is 3.05. The van der Waals surface area contributed by atoms with Gasteiger partial charge in [0, 0.05) is 63.5 Å². The number of carbonyl (C=O) groups excluding carboxylic acids is 1. The topological polar surface area (TPSA) is 98.6 Å². The minimum Gasteiger partial charge on any atom is -0.356 e. The Morgan fingerprint density at radius 3 is 2.47 bits per heavy atom. The second-order valence-electron chi connectivity index (χ2n) is 6.77. The lowest BCUT2D eigenvalue weighted by Crippen LogP contribution is -2.50. The molecule has 1 amide bonds. The molecular weight excluding hydrogens is 515 g/mol. The number of anilines is 1. The molecule has 9 nitrogen and oxygen atoms in total. The van der Waals surface area contributed by atoms with Crippen LogP contribution in [0, 0.1) is 13.8 Å². The number of guanidine groups is 1. The van der Waals surface area contributed by atoms with Crippen LogP contribution >= 0.6 is 35.3 Å². The molecule has 2 N–H and O–H groups in total. The summed E-state index contributed by atoms with van der Waals surface area (Å²) >= 11 is 1.68. The lowest BCUT2D eigenvalue weighted by molar-refractivity contribution is -0.131. The van der Waals surface area contributed by atoms with E-state index < -0.39 is 0 Å². The number of hydrogen-bond donors (Lipinski definition) is 2. The zero-order chi connectivity index (χ0) is 20.6. The smallest absolute Gasteiger partial charge is 0.225 e. The summed E-state index contributed by atoms with van der Waals surface area (Å²) in [5, 5.41) is 7.48. The molecule has 1 aliphatic rings. The van der Waals surface area contributed by atoms with Crippen LogP contribution in [0.4, 0.5) is 5.95 Å². The molecule has 2 aromatic heterocycles. The van der Waals surface area contributed by atoms with Crippen LogP contribution in [0.2, 0.25) is 0 Å². The predicted molar refractivity (Wildman–Crippen MR) is 131 cm³/mol. The van der Waals surface area contributed by atoms with Crippen molar-refractivity contribution in [1.29, 1.82) is 0 Å². The van der Waals surface area contributed by atoms with Gasteiger partial charge < -0.3 is 20.4 Å². The average molecular weight is 544 g/mol. The number of aromatic nitrogens is 3. The van der Waals surface area contributed by atoms with Crippen molar-refractivity contribution in [2.24, 2.45) is 4.99 Å². The monoisotopic (exact) mass is 544 g/mol. The van der Waals surface area contributed by atoms with Gasteiger partial charge in [0.2, 0.25) is 11.9 Å². The van der Waals surface area contributed by atoms with Crippen molar-refractivity contribution in [2.45, 2.75) is 26.8 Å². The quantitative estimate of drug-likeness (QED) is 0.324. The first-order chi connectivity index (χ1) is 14.1. The Bertz CT molecular complexity index is 817. The first-order valence-corrected chi connectivity index (χ1v) is 10.6. The standard InChI is InChI=1S/C19H28N8OS.HI/c1-14-15(2)29-16(25-14)13-24-18(20-3)21-8-5-17(28)26-9-11-27(12-10-26)19-22-6-4-7-23-19;/h4,6-7H,5,8-13H2,1-3H3,(H2,20,21,24);1H. The Morgan fingerprint density at radius 2 is 1.87 bits per heavy atom. The Balaban J connectivity index is 0.00000320. The van der Waals surface area contributed by atoms with Gasteiger partial charge in [0.25, 0.3) is 0 Å². The van der Waals surface area contributed by atoms with Gasteiger partial charge in [-0.05, 0) is 19.9 Å². The van der Waals surface area contributed by atoms with Crippen LogP contribution in [0.1, 0.15) is 22.0 Å². The van der Waals surface area contributed by atoms with Crippen LogP contribution in [0.15, 0.2) is 23.5 Å². The van der Waals surface area contributed by atoms with E-state index in [0.717, 1.165) is 29.7 Å². The molecule has 1 saturated heterocycles. The maximum absolute atomic E-state index is 12.5. The number of nitrogens with one attached hydrogen (secondary N) is 2. The van der Waals surface area contributed by atoms with Crippen LogP contribution in [0.5, 0.6) is 0 Å². The molecule has 2 aromatic rings. The van der Waals surface area contributed by atoms with Gasteiger partial charge in [-0.3, -0.25) is 9.79 Å². The fraction of sp³-hybridized carbons (Fsp3) is 0.526. The molecule has 0 spiro atoms. The second-order valence-corrected chi connectivity index (χ2v) is 8.06. The number of piperazine rings is 1. The number of amides is 1. The second kappa shape index (κ2) is 12.0. The van der Waals surface area contributed by atoms with E-state index in [4.69, 9.17) is 0 Å². The molecule has 3 rings (SSSR count). The molecule has 1 fully saturated rings. The number of carbonyl (C=O) groups is 1. The SMILES string of the molecule is CN=C(NCCC(=O)N1CCN(c2ncccn2)CC1)NCc1nc(C)c(C)s1.I. The van der Waals surface area contributed by atoms with Crippen molar-refractivity contribution in [3.05, 3.63) is 34.0 Å². The Kier molecular flexibility index (Phi) is 9.69. The minimum absolute atomic E-state index is 0.